The average molecular weight is 282 g/mol. The highest BCUT2D eigenvalue weighted by molar-refractivity contribution is 7.90. The van der Waals surface area contributed by atoms with Crippen LogP contribution in [0.2, 0.25) is 0 Å². The molecule has 0 heterocycles. The van der Waals surface area contributed by atoms with E-state index in [1.165, 1.54) is 18.2 Å². The molecule has 1 aromatic rings. The molecule has 4 nitrogen and oxygen atoms in total. The maximum atomic E-state index is 11.9. The van der Waals surface area contributed by atoms with Gasteiger partial charge in [0.1, 0.15) is 0 Å². The third-order valence-corrected chi connectivity index (χ3v) is 4.86. The molecule has 0 atom stereocenters. The Hall–Kier alpha value is -1.36. The summed E-state index contributed by atoms with van der Waals surface area (Å²) in [5, 5.41) is 9.29. The molecule has 0 bridgehead atoms. The zero-order valence-corrected chi connectivity index (χ0v) is 11.7. The Kier molecular flexibility index (Phi) is 3.94. The molecule has 2 rings (SSSR count). The van der Waals surface area contributed by atoms with E-state index in [0.717, 1.165) is 38.4 Å². The first-order valence-corrected chi connectivity index (χ1v) is 8.36. The summed E-state index contributed by atoms with van der Waals surface area (Å²) in [4.78, 5) is 11.5. The number of aromatic carboxylic acids is 1. The third-order valence-electron chi connectivity index (χ3n) is 3.71. The van der Waals surface area contributed by atoms with Crippen molar-refractivity contribution in [1.82, 2.24) is 0 Å². The summed E-state index contributed by atoms with van der Waals surface area (Å²) in [5.41, 5.74) is 0.645. The minimum atomic E-state index is -3.40. The average Bonchev–Trinajstić information content (AvgIpc) is 2.37. The van der Waals surface area contributed by atoms with E-state index in [9.17, 15) is 18.3 Å². The molecule has 0 aromatic heterocycles. The molecule has 0 saturated heterocycles. The number of hydrogen-bond donors (Lipinski definition) is 1. The second-order valence-electron chi connectivity index (χ2n) is 5.13. The summed E-state index contributed by atoms with van der Waals surface area (Å²) in [6.45, 7) is 0. The van der Waals surface area contributed by atoms with Crippen LogP contribution in [0.5, 0.6) is 0 Å². The fraction of sp³-hybridized carbons (Fsp3) is 0.500. The van der Waals surface area contributed by atoms with E-state index in [1.54, 1.807) is 0 Å². The highest BCUT2D eigenvalue weighted by Gasteiger charge is 2.27. The van der Waals surface area contributed by atoms with Gasteiger partial charge in [-0.3, -0.25) is 0 Å². The van der Waals surface area contributed by atoms with Gasteiger partial charge in [-0.05, 0) is 36.5 Å². The summed E-state index contributed by atoms with van der Waals surface area (Å²) >= 11 is 0. The van der Waals surface area contributed by atoms with Crippen molar-refractivity contribution in [2.75, 3.05) is 6.26 Å². The standard InChI is InChI=1S/C14H18O4S/c1-19(17,18)12-9-5-8-11(14(15)16)13(12)10-6-3-2-4-7-10/h5,8-10H,2-4,6-7H2,1H3,(H,15,16). The molecule has 0 radical (unpaired) electrons. The quantitative estimate of drug-likeness (QED) is 0.925. The van der Waals surface area contributed by atoms with Crippen LogP contribution in [0, 0.1) is 0 Å². The smallest absolute Gasteiger partial charge is 0.336 e. The van der Waals surface area contributed by atoms with E-state index in [4.69, 9.17) is 0 Å². The topological polar surface area (TPSA) is 71.4 Å². The second-order valence-corrected chi connectivity index (χ2v) is 7.11. The Labute approximate surface area is 113 Å². The monoisotopic (exact) mass is 282 g/mol. The minimum Gasteiger partial charge on any atom is -0.478 e. The lowest BCUT2D eigenvalue weighted by Gasteiger charge is -2.25. The number of rotatable bonds is 3. The van der Waals surface area contributed by atoms with Gasteiger partial charge in [-0.2, -0.15) is 0 Å². The van der Waals surface area contributed by atoms with Gasteiger partial charge in [0.05, 0.1) is 10.5 Å². The first kappa shape index (κ1) is 14.1. The molecule has 1 saturated carbocycles. The van der Waals surface area contributed by atoms with Crippen LogP contribution in [-0.2, 0) is 9.84 Å². The van der Waals surface area contributed by atoms with Gasteiger partial charge in [0, 0.05) is 6.26 Å². The molecule has 19 heavy (non-hydrogen) atoms. The van der Waals surface area contributed by atoms with Crippen molar-refractivity contribution in [2.45, 2.75) is 42.9 Å². The molecule has 0 unspecified atom stereocenters. The SMILES string of the molecule is CS(=O)(=O)c1cccc(C(=O)O)c1C1CCCCC1. The zero-order valence-electron chi connectivity index (χ0n) is 10.9. The molecule has 0 spiro atoms. The summed E-state index contributed by atoms with van der Waals surface area (Å²) in [6, 6.07) is 4.53. The number of carbonyl (C=O) groups is 1. The molecular formula is C14H18O4S. The van der Waals surface area contributed by atoms with Crippen molar-refractivity contribution in [3.8, 4) is 0 Å². The molecule has 104 valence electrons. The number of carboxylic acid groups (broad SMARTS) is 1. The van der Waals surface area contributed by atoms with Crippen molar-refractivity contribution >= 4 is 15.8 Å². The lowest BCUT2D eigenvalue weighted by molar-refractivity contribution is 0.0694. The molecular weight excluding hydrogens is 264 g/mol. The van der Waals surface area contributed by atoms with E-state index in [-0.39, 0.29) is 16.4 Å². The number of benzene rings is 1. The zero-order chi connectivity index (χ0) is 14.0. The van der Waals surface area contributed by atoms with Gasteiger partial charge in [0.2, 0.25) is 0 Å². The van der Waals surface area contributed by atoms with Crippen LogP contribution in [0.15, 0.2) is 23.1 Å². The van der Waals surface area contributed by atoms with Gasteiger partial charge in [-0.15, -0.1) is 0 Å². The van der Waals surface area contributed by atoms with Gasteiger partial charge in [-0.1, -0.05) is 25.3 Å². The molecule has 1 aliphatic rings. The van der Waals surface area contributed by atoms with E-state index in [1.807, 2.05) is 0 Å². The van der Waals surface area contributed by atoms with Crippen LogP contribution in [0.25, 0.3) is 0 Å². The number of hydrogen-bond acceptors (Lipinski definition) is 3. The Balaban J connectivity index is 2.62. The van der Waals surface area contributed by atoms with E-state index in [2.05, 4.69) is 0 Å². The highest BCUT2D eigenvalue weighted by atomic mass is 32.2. The summed E-state index contributed by atoms with van der Waals surface area (Å²) in [7, 11) is -3.40. The lowest BCUT2D eigenvalue weighted by atomic mass is 9.82. The Bertz CT molecular complexity index is 583. The Morgan fingerprint density at radius 2 is 1.84 bits per heavy atom. The van der Waals surface area contributed by atoms with Crippen molar-refractivity contribution in [3.63, 3.8) is 0 Å². The second kappa shape index (κ2) is 5.33. The molecule has 1 aliphatic carbocycles. The Morgan fingerprint density at radius 1 is 1.21 bits per heavy atom. The first-order chi connectivity index (χ1) is 8.91. The predicted octanol–water partition coefficient (Wildman–Crippen LogP) is 2.84. The van der Waals surface area contributed by atoms with Crippen LogP contribution in [0.1, 0.15) is 53.9 Å². The fourth-order valence-corrected chi connectivity index (χ4v) is 3.87. The minimum absolute atomic E-state index is 0.0470. The van der Waals surface area contributed by atoms with Crippen LogP contribution < -0.4 is 0 Å². The number of sulfone groups is 1. The summed E-state index contributed by atoms with van der Waals surface area (Å²) in [6.07, 6.45) is 6.07. The van der Waals surface area contributed by atoms with Crippen molar-refractivity contribution in [3.05, 3.63) is 29.3 Å². The third kappa shape index (κ3) is 2.97. The largest absolute Gasteiger partial charge is 0.478 e. The molecule has 1 aromatic carbocycles. The van der Waals surface area contributed by atoms with E-state index in [0.29, 0.717) is 5.56 Å². The van der Waals surface area contributed by atoms with Crippen LogP contribution >= 0.6 is 0 Å². The summed E-state index contributed by atoms with van der Waals surface area (Å²) < 4.78 is 23.8. The Morgan fingerprint density at radius 3 is 2.37 bits per heavy atom. The lowest BCUT2D eigenvalue weighted by Crippen LogP contribution is -2.15. The van der Waals surface area contributed by atoms with Crippen molar-refractivity contribution < 1.29 is 18.3 Å². The van der Waals surface area contributed by atoms with Crippen LogP contribution in [0.4, 0.5) is 0 Å². The summed E-state index contributed by atoms with van der Waals surface area (Å²) in [5.74, 6) is -1.00. The van der Waals surface area contributed by atoms with Gasteiger partial charge in [-0.25, -0.2) is 13.2 Å². The molecule has 0 aliphatic heterocycles. The number of carboxylic acids is 1. The maximum Gasteiger partial charge on any atom is 0.336 e. The fourth-order valence-electron chi connectivity index (χ4n) is 2.87. The maximum absolute atomic E-state index is 11.9. The highest BCUT2D eigenvalue weighted by Crippen LogP contribution is 2.37. The first-order valence-electron chi connectivity index (χ1n) is 6.47. The molecule has 0 amide bonds. The molecule has 1 N–H and O–H groups in total. The van der Waals surface area contributed by atoms with Gasteiger partial charge in [0.15, 0.2) is 9.84 Å². The van der Waals surface area contributed by atoms with Gasteiger partial charge in [0.25, 0.3) is 0 Å². The van der Waals surface area contributed by atoms with Crippen molar-refractivity contribution in [2.24, 2.45) is 0 Å². The molecule has 5 heteroatoms. The van der Waals surface area contributed by atoms with E-state index < -0.39 is 15.8 Å². The van der Waals surface area contributed by atoms with Gasteiger partial charge >= 0.3 is 5.97 Å². The van der Waals surface area contributed by atoms with Crippen molar-refractivity contribution in [1.29, 1.82) is 0 Å². The normalized spacial score (nSPS) is 17.3. The van der Waals surface area contributed by atoms with E-state index >= 15 is 0 Å². The van der Waals surface area contributed by atoms with Crippen LogP contribution in [0.3, 0.4) is 0 Å². The predicted molar refractivity (Wildman–Crippen MR) is 72.3 cm³/mol. The molecule has 1 fully saturated rings. The van der Waals surface area contributed by atoms with Gasteiger partial charge < -0.3 is 5.11 Å². The van der Waals surface area contributed by atoms with Crippen LogP contribution in [-0.4, -0.2) is 25.7 Å².